The number of hydrogen-bond donors (Lipinski definition) is 1. The van der Waals surface area contributed by atoms with Gasteiger partial charge in [0, 0.05) is 17.5 Å². The van der Waals surface area contributed by atoms with Crippen molar-refractivity contribution in [1.82, 2.24) is 4.90 Å². The Morgan fingerprint density at radius 2 is 1.40 bits per heavy atom. The number of rotatable bonds is 4. The molecule has 2 aromatic rings. The molecule has 134 valence electrons. The second-order valence-electron chi connectivity index (χ2n) is 8.22. The Hall–Kier alpha value is -1.64. The zero-order chi connectivity index (χ0) is 17.9. The van der Waals surface area contributed by atoms with Crippen LogP contribution in [0.2, 0.25) is 0 Å². The van der Waals surface area contributed by atoms with Gasteiger partial charge in [-0.3, -0.25) is 4.90 Å². The Balaban J connectivity index is 1.98. The number of likely N-dealkylation sites (tertiary alicyclic amines) is 1. The van der Waals surface area contributed by atoms with Crippen molar-refractivity contribution >= 4 is 0 Å². The van der Waals surface area contributed by atoms with Crippen LogP contribution in [0.3, 0.4) is 0 Å². The van der Waals surface area contributed by atoms with Gasteiger partial charge in [-0.15, -0.1) is 0 Å². The van der Waals surface area contributed by atoms with Crippen LogP contribution in [0.15, 0.2) is 60.7 Å². The van der Waals surface area contributed by atoms with Crippen molar-refractivity contribution in [3.63, 3.8) is 0 Å². The van der Waals surface area contributed by atoms with Crippen LogP contribution in [-0.2, 0) is 0 Å². The first-order valence-electron chi connectivity index (χ1n) is 9.53. The third kappa shape index (κ3) is 4.13. The minimum Gasteiger partial charge on any atom is -0.391 e. The molecule has 0 aromatic heterocycles. The summed E-state index contributed by atoms with van der Waals surface area (Å²) in [6, 6.07) is 21.1. The number of nitrogens with zero attached hydrogens (tertiary/aromatic N) is 1. The highest BCUT2D eigenvalue weighted by atomic mass is 16.3. The van der Waals surface area contributed by atoms with Gasteiger partial charge in [-0.05, 0) is 51.3 Å². The zero-order valence-corrected chi connectivity index (χ0v) is 15.7. The number of benzene rings is 2. The molecule has 1 fully saturated rings. The van der Waals surface area contributed by atoms with Crippen LogP contribution < -0.4 is 0 Å². The molecule has 2 atom stereocenters. The van der Waals surface area contributed by atoms with Gasteiger partial charge in [0.05, 0.1) is 6.10 Å². The van der Waals surface area contributed by atoms with E-state index in [9.17, 15) is 5.11 Å². The van der Waals surface area contributed by atoms with Gasteiger partial charge in [-0.2, -0.15) is 0 Å². The van der Waals surface area contributed by atoms with E-state index in [1.54, 1.807) is 0 Å². The lowest BCUT2D eigenvalue weighted by Gasteiger charge is -2.48. The van der Waals surface area contributed by atoms with Crippen LogP contribution in [0.5, 0.6) is 0 Å². The average Bonchev–Trinajstić information content (AvgIpc) is 2.63. The number of aliphatic hydroxyl groups excluding tert-OH is 1. The molecule has 1 saturated heterocycles. The summed E-state index contributed by atoms with van der Waals surface area (Å²) in [5, 5.41) is 11.5. The Morgan fingerprint density at radius 1 is 0.880 bits per heavy atom. The predicted octanol–water partition coefficient (Wildman–Crippen LogP) is 4.83. The predicted molar refractivity (Wildman–Crippen MR) is 105 cm³/mol. The van der Waals surface area contributed by atoms with Crippen molar-refractivity contribution < 1.29 is 5.11 Å². The highest BCUT2D eigenvalue weighted by molar-refractivity contribution is 5.34. The molecule has 2 heteroatoms. The zero-order valence-electron chi connectivity index (χ0n) is 15.7. The molecule has 2 nitrogen and oxygen atoms in total. The van der Waals surface area contributed by atoms with Crippen LogP contribution in [0, 0.1) is 0 Å². The third-order valence-corrected chi connectivity index (χ3v) is 5.46. The van der Waals surface area contributed by atoms with Crippen molar-refractivity contribution in [2.24, 2.45) is 0 Å². The lowest BCUT2D eigenvalue weighted by atomic mass is 9.79. The van der Waals surface area contributed by atoms with Gasteiger partial charge in [0.25, 0.3) is 0 Å². The summed E-state index contributed by atoms with van der Waals surface area (Å²) in [5.74, 6) is 0.00958. The monoisotopic (exact) mass is 337 g/mol. The number of piperidine rings is 1. The Morgan fingerprint density at radius 3 is 1.88 bits per heavy atom. The summed E-state index contributed by atoms with van der Waals surface area (Å²) in [6.45, 7) is 7.86. The molecular formula is C23H31NO. The van der Waals surface area contributed by atoms with Crippen molar-refractivity contribution in [3.8, 4) is 0 Å². The smallest absolute Gasteiger partial charge is 0.0804 e. The van der Waals surface area contributed by atoms with E-state index in [0.29, 0.717) is 0 Å². The quantitative estimate of drug-likeness (QED) is 0.863. The third-order valence-electron chi connectivity index (χ3n) is 5.46. The van der Waals surface area contributed by atoms with Crippen LogP contribution in [0.25, 0.3) is 0 Å². The SMILES string of the molecule is CC(C)(C)N1CCCCC1C(O)C(c1ccccc1)c1ccccc1. The second-order valence-corrected chi connectivity index (χ2v) is 8.22. The van der Waals surface area contributed by atoms with Gasteiger partial charge in [-0.25, -0.2) is 0 Å². The summed E-state index contributed by atoms with van der Waals surface area (Å²) in [4.78, 5) is 2.51. The number of aliphatic hydroxyl groups is 1. The molecule has 1 aliphatic heterocycles. The molecule has 1 aliphatic rings. The molecule has 0 amide bonds. The van der Waals surface area contributed by atoms with Crippen LogP contribution in [0.1, 0.15) is 57.1 Å². The fourth-order valence-electron chi connectivity index (χ4n) is 4.27. The molecule has 0 bridgehead atoms. The van der Waals surface area contributed by atoms with Crippen molar-refractivity contribution in [1.29, 1.82) is 0 Å². The van der Waals surface area contributed by atoms with E-state index in [-0.39, 0.29) is 17.5 Å². The largest absolute Gasteiger partial charge is 0.391 e. The second kappa shape index (κ2) is 7.72. The van der Waals surface area contributed by atoms with Crippen LogP contribution in [-0.4, -0.2) is 34.2 Å². The molecule has 0 radical (unpaired) electrons. The van der Waals surface area contributed by atoms with E-state index in [0.717, 1.165) is 13.0 Å². The highest BCUT2D eigenvalue weighted by Gasteiger charge is 2.39. The van der Waals surface area contributed by atoms with Crippen molar-refractivity contribution in [2.75, 3.05) is 6.54 Å². The maximum Gasteiger partial charge on any atom is 0.0804 e. The number of hydrogen-bond acceptors (Lipinski definition) is 2. The van der Waals surface area contributed by atoms with Gasteiger partial charge < -0.3 is 5.11 Å². The average molecular weight is 338 g/mol. The molecule has 2 unspecified atom stereocenters. The summed E-state index contributed by atoms with van der Waals surface area (Å²) >= 11 is 0. The standard InChI is InChI=1S/C23H31NO/c1-23(2,3)24-17-11-10-16-20(24)22(25)21(18-12-6-4-7-13-18)19-14-8-5-9-15-19/h4-9,12-15,20-22,25H,10-11,16-17H2,1-3H3. The molecule has 2 aromatic carbocycles. The highest BCUT2D eigenvalue weighted by Crippen LogP contribution is 2.36. The van der Waals surface area contributed by atoms with E-state index >= 15 is 0 Å². The molecular weight excluding hydrogens is 306 g/mol. The van der Waals surface area contributed by atoms with Crippen molar-refractivity contribution in [3.05, 3.63) is 71.8 Å². The summed E-state index contributed by atoms with van der Waals surface area (Å²) in [7, 11) is 0. The first kappa shape index (κ1) is 18.2. The van der Waals surface area contributed by atoms with E-state index in [1.807, 2.05) is 12.1 Å². The minimum atomic E-state index is -0.413. The Bertz CT molecular complexity index is 607. The van der Waals surface area contributed by atoms with E-state index in [4.69, 9.17) is 0 Å². The maximum atomic E-state index is 11.5. The topological polar surface area (TPSA) is 23.5 Å². The van der Waals surface area contributed by atoms with Crippen LogP contribution >= 0.6 is 0 Å². The van der Waals surface area contributed by atoms with Gasteiger partial charge in [0.15, 0.2) is 0 Å². The lowest BCUT2D eigenvalue weighted by molar-refractivity contribution is -0.0288. The van der Waals surface area contributed by atoms with E-state index in [2.05, 4.69) is 74.2 Å². The van der Waals surface area contributed by atoms with Gasteiger partial charge >= 0.3 is 0 Å². The summed E-state index contributed by atoms with van der Waals surface area (Å²) < 4.78 is 0. The first-order valence-corrected chi connectivity index (χ1v) is 9.53. The van der Waals surface area contributed by atoms with Gasteiger partial charge in [0.2, 0.25) is 0 Å². The van der Waals surface area contributed by atoms with E-state index in [1.165, 1.54) is 24.0 Å². The molecule has 1 N–H and O–H groups in total. The minimum absolute atomic E-state index is 0.00958. The Kier molecular flexibility index (Phi) is 5.61. The first-order chi connectivity index (χ1) is 12.0. The molecule has 0 saturated carbocycles. The maximum absolute atomic E-state index is 11.5. The molecule has 0 spiro atoms. The van der Waals surface area contributed by atoms with Gasteiger partial charge in [0.1, 0.15) is 0 Å². The fourth-order valence-corrected chi connectivity index (χ4v) is 4.27. The molecule has 0 aliphatic carbocycles. The van der Waals surface area contributed by atoms with Crippen LogP contribution in [0.4, 0.5) is 0 Å². The lowest BCUT2D eigenvalue weighted by Crippen LogP contribution is -2.56. The fraction of sp³-hybridized carbons (Fsp3) is 0.478. The van der Waals surface area contributed by atoms with Crippen molar-refractivity contribution in [2.45, 2.75) is 63.6 Å². The molecule has 1 heterocycles. The summed E-state index contributed by atoms with van der Waals surface area (Å²) in [6.07, 6.45) is 3.07. The Labute approximate surface area is 152 Å². The molecule has 25 heavy (non-hydrogen) atoms. The molecule has 3 rings (SSSR count). The van der Waals surface area contributed by atoms with Gasteiger partial charge in [-0.1, -0.05) is 67.1 Å². The van der Waals surface area contributed by atoms with E-state index < -0.39 is 6.10 Å². The normalized spacial score (nSPS) is 20.6. The summed E-state index contributed by atoms with van der Waals surface area (Å²) in [5.41, 5.74) is 2.46.